The van der Waals surface area contributed by atoms with Crippen LogP contribution in [0.25, 0.3) is 22.0 Å². The van der Waals surface area contributed by atoms with Crippen LogP contribution in [-0.2, 0) is 16.9 Å². The van der Waals surface area contributed by atoms with E-state index in [0.717, 1.165) is 27.6 Å². The van der Waals surface area contributed by atoms with Crippen molar-refractivity contribution >= 4 is 28.7 Å². The predicted octanol–water partition coefficient (Wildman–Crippen LogP) is 2.84. The third kappa shape index (κ3) is 3.37. The number of aromatic nitrogens is 1. The second-order valence-corrected chi connectivity index (χ2v) is 8.87. The summed E-state index contributed by atoms with van der Waals surface area (Å²) in [6.07, 6.45) is 1.75. The fraction of sp³-hybridized carbons (Fsp3) is 0.111. The van der Waals surface area contributed by atoms with Crippen LogP contribution in [0.5, 0.6) is 5.75 Å². The van der Waals surface area contributed by atoms with Gasteiger partial charge in [-0.15, -0.1) is 0 Å². The molecule has 3 aromatic carbocycles. The number of urea groups is 1. The second-order valence-electron chi connectivity index (χ2n) is 8.87. The number of hydrogen-bond acceptors (Lipinski definition) is 6. The molecule has 4 aromatic rings. The zero-order valence-electron chi connectivity index (χ0n) is 19.0. The van der Waals surface area contributed by atoms with Gasteiger partial charge in [0.2, 0.25) is 0 Å². The molecular weight excluding hydrogens is 458 g/mol. The molecule has 0 radical (unpaired) electrons. The molecule has 9 heteroatoms. The summed E-state index contributed by atoms with van der Waals surface area (Å²) in [5.41, 5.74) is 3.13. The number of para-hydroxylation sites is 1. The molecule has 36 heavy (non-hydrogen) atoms. The molecule has 1 aromatic heterocycles. The minimum Gasteiger partial charge on any atom is -0.412 e. The Hall–Kier alpha value is -4.76. The first-order chi connectivity index (χ1) is 17.5. The van der Waals surface area contributed by atoms with Crippen LogP contribution < -0.4 is 21.4 Å². The van der Waals surface area contributed by atoms with E-state index in [1.807, 2.05) is 42.5 Å². The van der Waals surface area contributed by atoms with Gasteiger partial charge in [0, 0.05) is 29.3 Å². The third-order valence-electron chi connectivity index (χ3n) is 6.79. The zero-order chi connectivity index (χ0) is 24.9. The lowest BCUT2D eigenvalue weighted by atomic mass is 9.87. The molecule has 1 fully saturated rings. The van der Waals surface area contributed by atoms with E-state index in [-0.39, 0.29) is 12.5 Å². The molecule has 9 nitrogen and oxygen atoms in total. The maximum Gasteiger partial charge on any atom is 0.322 e. The van der Waals surface area contributed by atoms with Gasteiger partial charge in [0.25, 0.3) is 11.8 Å². The highest BCUT2D eigenvalue weighted by Crippen LogP contribution is 2.34. The van der Waals surface area contributed by atoms with Gasteiger partial charge in [0.05, 0.1) is 12.1 Å². The van der Waals surface area contributed by atoms with E-state index >= 15 is 0 Å². The monoisotopic (exact) mass is 479 g/mol. The lowest BCUT2D eigenvalue weighted by Gasteiger charge is -2.31. The molecule has 0 saturated carbocycles. The predicted molar refractivity (Wildman–Crippen MR) is 132 cm³/mol. The van der Waals surface area contributed by atoms with Crippen LogP contribution >= 0.6 is 0 Å². The Balaban J connectivity index is 1.36. The number of pyridine rings is 1. The standard InChI is InChI=1S/C27H21N5O4/c28-36-20-11-8-18-14-32(24(33)22(18)13-20)15-27(25(34)30-26(35)31-27)19-9-6-16(7-10-19)21-5-1-3-17-4-2-12-29-23(17)21/h1-13H,14-15,28H2,(H2,30,31,34,35)/t27-/m0/s1. The highest BCUT2D eigenvalue weighted by atomic mass is 16.6. The number of nitrogens with two attached hydrogens (primary N) is 1. The topological polar surface area (TPSA) is 127 Å². The van der Waals surface area contributed by atoms with Gasteiger partial charge in [0.15, 0.2) is 5.54 Å². The number of rotatable bonds is 5. The molecule has 0 unspecified atom stereocenters. The van der Waals surface area contributed by atoms with Crippen molar-refractivity contribution in [2.45, 2.75) is 12.1 Å². The second kappa shape index (κ2) is 8.17. The highest BCUT2D eigenvalue weighted by Gasteiger charge is 2.50. The van der Waals surface area contributed by atoms with E-state index in [4.69, 9.17) is 10.7 Å². The molecule has 2 aliphatic rings. The molecule has 2 aliphatic heterocycles. The number of imide groups is 1. The average molecular weight is 479 g/mol. The van der Waals surface area contributed by atoms with Crippen LogP contribution in [0.4, 0.5) is 4.79 Å². The van der Waals surface area contributed by atoms with Crippen LogP contribution in [0.3, 0.4) is 0 Å². The first-order valence-electron chi connectivity index (χ1n) is 11.4. The van der Waals surface area contributed by atoms with Gasteiger partial charge in [0.1, 0.15) is 5.75 Å². The SMILES string of the molecule is NOc1ccc2c(c1)C(=O)N(C[C@@]1(c3ccc(-c4cccc5cccnc45)cc3)NC(=O)NC1=O)C2. The molecule has 6 rings (SSSR count). The molecule has 1 saturated heterocycles. The van der Waals surface area contributed by atoms with Crippen molar-refractivity contribution < 1.29 is 19.2 Å². The summed E-state index contributed by atoms with van der Waals surface area (Å²) in [5, 5.41) is 6.12. The molecule has 0 aliphatic carbocycles. The number of nitrogens with zero attached hydrogens (tertiary/aromatic N) is 2. The van der Waals surface area contributed by atoms with E-state index in [1.165, 1.54) is 0 Å². The number of nitrogens with one attached hydrogen (secondary N) is 2. The Kier molecular flexibility index (Phi) is 4.94. The molecule has 4 amide bonds. The summed E-state index contributed by atoms with van der Waals surface area (Å²) < 4.78 is 0. The highest BCUT2D eigenvalue weighted by molar-refractivity contribution is 6.08. The normalized spacial score (nSPS) is 18.8. The third-order valence-corrected chi connectivity index (χ3v) is 6.79. The quantitative estimate of drug-likeness (QED) is 0.298. The van der Waals surface area contributed by atoms with Gasteiger partial charge >= 0.3 is 6.03 Å². The van der Waals surface area contributed by atoms with Crippen molar-refractivity contribution in [2.24, 2.45) is 5.90 Å². The van der Waals surface area contributed by atoms with Crippen molar-refractivity contribution in [3.8, 4) is 16.9 Å². The minimum atomic E-state index is -1.43. The van der Waals surface area contributed by atoms with Crippen molar-refractivity contribution in [3.05, 3.63) is 95.7 Å². The Morgan fingerprint density at radius 1 is 0.972 bits per heavy atom. The van der Waals surface area contributed by atoms with E-state index in [2.05, 4.69) is 15.6 Å². The number of carbonyl (C=O) groups excluding carboxylic acids is 3. The van der Waals surface area contributed by atoms with E-state index < -0.39 is 17.5 Å². The molecule has 178 valence electrons. The smallest absolute Gasteiger partial charge is 0.322 e. The fourth-order valence-electron chi connectivity index (χ4n) is 5.00. The summed E-state index contributed by atoms with van der Waals surface area (Å²) in [6.45, 7) is 0.260. The lowest BCUT2D eigenvalue weighted by Crippen LogP contribution is -2.52. The molecule has 0 bridgehead atoms. The van der Waals surface area contributed by atoms with Gasteiger partial charge in [-0.3, -0.25) is 19.9 Å². The van der Waals surface area contributed by atoms with Crippen LogP contribution in [0, 0.1) is 0 Å². The van der Waals surface area contributed by atoms with Gasteiger partial charge in [-0.2, -0.15) is 5.90 Å². The minimum absolute atomic E-state index is 0.0356. The summed E-state index contributed by atoms with van der Waals surface area (Å²) in [4.78, 5) is 49.3. The Morgan fingerprint density at radius 3 is 2.53 bits per heavy atom. The fourth-order valence-corrected chi connectivity index (χ4v) is 5.00. The number of benzene rings is 3. The number of carbonyl (C=O) groups is 3. The Labute approximate surface area is 205 Å². The largest absolute Gasteiger partial charge is 0.412 e. The van der Waals surface area contributed by atoms with E-state index in [1.54, 1.807) is 41.4 Å². The maximum absolute atomic E-state index is 13.2. The maximum atomic E-state index is 13.2. The van der Waals surface area contributed by atoms with Crippen molar-refractivity contribution in [1.82, 2.24) is 20.5 Å². The first-order valence-corrected chi connectivity index (χ1v) is 11.4. The molecule has 1 atom stereocenters. The molecule has 4 N–H and O–H groups in total. The first kappa shape index (κ1) is 21.8. The van der Waals surface area contributed by atoms with E-state index in [9.17, 15) is 14.4 Å². The molecule has 0 spiro atoms. The summed E-state index contributed by atoms with van der Waals surface area (Å²) in [5.74, 6) is 4.83. The average Bonchev–Trinajstić information content (AvgIpc) is 3.38. The van der Waals surface area contributed by atoms with Crippen molar-refractivity contribution in [1.29, 1.82) is 0 Å². The van der Waals surface area contributed by atoms with Crippen molar-refractivity contribution in [2.75, 3.05) is 6.54 Å². The summed E-state index contributed by atoms with van der Waals surface area (Å²) >= 11 is 0. The van der Waals surface area contributed by atoms with Gasteiger partial charge in [-0.05, 0) is 34.9 Å². The van der Waals surface area contributed by atoms with Gasteiger partial charge in [-0.1, -0.05) is 54.6 Å². The molecule has 3 heterocycles. The Morgan fingerprint density at radius 2 is 1.78 bits per heavy atom. The molecular formula is C27H21N5O4. The van der Waals surface area contributed by atoms with Crippen LogP contribution in [0.1, 0.15) is 21.5 Å². The van der Waals surface area contributed by atoms with Crippen LogP contribution in [-0.4, -0.2) is 34.3 Å². The summed E-state index contributed by atoms with van der Waals surface area (Å²) in [7, 11) is 0. The van der Waals surface area contributed by atoms with Crippen LogP contribution in [0.15, 0.2) is 79.0 Å². The lowest BCUT2D eigenvalue weighted by molar-refractivity contribution is -0.124. The number of hydrogen-bond donors (Lipinski definition) is 3. The summed E-state index contributed by atoms with van der Waals surface area (Å²) in [6, 6.07) is 21.7. The van der Waals surface area contributed by atoms with E-state index in [0.29, 0.717) is 23.4 Å². The van der Waals surface area contributed by atoms with Gasteiger partial charge in [-0.25, -0.2) is 4.79 Å². The number of amides is 4. The number of fused-ring (bicyclic) bond motifs is 2. The van der Waals surface area contributed by atoms with Crippen molar-refractivity contribution in [3.63, 3.8) is 0 Å². The van der Waals surface area contributed by atoms with Gasteiger partial charge < -0.3 is 15.1 Å². The zero-order valence-corrected chi connectivity index (χ0v) is 19.0. The Bertz CT molecular complexity index is 1550. The van der Waals surface area contributed by atoms with Crippen LogP contribution in [0.2, 0.25) is 0 Å².